The van der Waals surface area contributed by atoms with Gasteiger partial charge in [0, 0.05) is 27.6 Å². The van der Waals surface area contributed by atoms with E-state index in [2.05, 4.69) is 172 Å². The summed E-state index contributed by atoms with van der Waals surface area (Å²) in [7, 11) is 0.742. The fraction of sp³-hybridized carbons (Fsp3) is 0.132. The lowest BCUT2D eigenvalue weighted by atomic mass is 9.84. The van der Waals surface area contributed by atoms with E-state index < -0.39 is 0 Å². The lowest BCUT2D eigenvalue weighted by molar-refractivity contribution is 0.590. The molecule has 0 amide bonds. The van der Waals surface area contributed by atoms with Crippen LogP contribution in [0.5, 0.6) is 0 Å². The molecular weight excluding hydrogens is 724 g/mol. The molecule has 0 N–H and O–H groups in total. The quantitative estimate of drug-likeness (QED) is 0.137. The molecule has 9 rings (SSSR count). The Morgan fingerprint density at radius 1 is 0.517 bits per heavy atom. The van der Waals surface area contributed by atoms with Crippen molar-refractivity contribution in [2.45, 2.75) is 46.0 Å². The molecule has 9 aromatic rings. The molecule has 0 aliphatic rings. The topological polar surface area (TPSA) is 43.6 Å². The van der Waals surface area contributed by atoms with E-state index in [1.807, 2.05) is 30.3 Å². The van der Waals surface area contributed by atoms with Gasteiger partial charge < -0.3 is 4.57 Å². The number of rotatable bonds is 9. The van der Waals surface area contributed by atoms with Crippen LogP contribution in [0.4, 0.5) is 0 Å². The van der Waals surface area contributed by atoms with Crippen LogP contribution in [0, 0.1) is 6.92 Å². The zero-order chi connectivity index (χ0) is 39.8. The molecule has 0 unspecified atom stereocenters. The third-order valence-electron chi connectivity index (χ3n) is 11.2. The van der Waals surface area contributed by atoms with Crippen molar-refractivity contribution < 1.29 is 0 Å². The predicted molar refractivity (Wildman–Crippen MR) is 247 cm³/mol. The van der Waals surface area contributed by atoms with Crippen molar-refractivity contribution in [2.24, 2.45) is 0 Å². The minimum atomic E-state index is 0.0980. The first kappa shape index (κ1) is 37.1. The van der Waals surface area contributed by atoms with Crippen molar-refractivity contribution in [3.05, 3.63) is 186 Å². The van der Waals surface area contributed by atoms with Gasteiger partial charge in [-0.3, -0.25) is 0 Å². The smallest absolute Gasteiger partial charge is 0.182 e. The largest absolute Gasteiger partial charge is 0.309 e. The molecule has 282 valence electrons. The van der Waals surface area contributed by atoms with Crippen molar-refractivity contribution in [1.29, 1.82) is 0 Å². The Labute approximate surface area is 342 Å². The molecule has 0 aliphatic heterocycles. The number of aryl methyl sites for hydroxylation is 3. The van der Waals surface area contributed by atoms with Gasteiger partial charge in [0.2, 0.25) is 0 Å². The van der Waals surface area contributed by atoms with Crippen LogP contribution in [0.25, 0.3) is 72.5 Å². The number of hydrogen-bond acceptors (Lipinski definition) is 3. The van der Waals surface area contributed by atoms with Crippen LogP contribution in [0.3, 0.4) is 0 Å². The van der Waals surface area contributed by atoms with Crippen LogP contribution in [-0.4, -0.2) is 25.8 Å². The van der Waals surface area contributed by atoms with E-state index in [-0.39, 0.29) is 5.41 Å². The molecule has 0 aliphatic carbocycles. The van der Waals surface area contributed by atoms with Crippen molar-refractivity contribution in [1.82, 2.24) is 19.5 Å². The minimum Gasteiger partial charge on any atom is -0.309 e. The highest BCUT2D eigenvalue weighted by Gasteiger charge is 2.19. The summed E-state index contributed by atoms with van der Waals surface area (Å²) >= 11 is 0. The Balaban J connectivity index is 1.16. The van der Waals surface area contributed by atoms with Crippen LogP contribution in [0.1, 0.15) is 43.0 Å². The molecular formula is C53H45N4P. The Kier molecular flexibility index (Phi) is 9.89. The maximum absolute atomic E-state index is 5.15. The molecule has 0 saturated carbocycles. The molecule has 2 aromatic heterocycles. The summed E-state index contributed by atoms with van der Waals surface area (Å²) in [5.41, 5.74) is 16.2. The first-order valence-corrected chi connectivity index (χ1v) is 21.0. The molecule has 7 aromatic carbocycles. The molecule has 5 heteroatoms. The van der Waals surface area contributed by atoms with Crippen LogP contribution in [0.2, 0.25) is 0 Å². The summed E-state index contributed by atoms with van der Waals surface area (Å²) in [4.78, 5) is 15.0. The molecule has 0 saturated heterocycles. The van der Waals surface area contributed by atoms with Crippen molar-refractivity contribution in [3.8, 4) is 50.7 Å². The second-order valence-corrected chi connectivity index (χ2v) is 16.8. The lowest BCUT2D eigenvalue weighted by Crippen LogP contribution is -2.11. The average molecular weight is 769 g/mol. The fourth-order valence-corrected chi connectivity index (χ4v) is 8.50. The Hall–Kier alpha value is -6.48. The number of fused-ring (bicyclic) bond motifs is 3. The second kappa shape index (κ2) is 15.5. The number of para-hydroxylation sites is 2. The predicted octanol–water partition coefficient (Wildman–Crippen LogP) is 13.0. The molecule has 0 spiro atoms. The molecule has 58 heavy (non-hydrogen) atoms. The summed E-state index contributed by atoms with van der Waals surface area (Å²) < 4.78 is 2.36. The molecule has 0 fully saturated rings. The number of nitrogens with zero attached hydrogens (tertiary/aromatic N) is 4. The monoisotopic (exact) mass is 768 g/mol. The molecule has 0 radical (unpaired) electrons. The van der Waals surface area contributed by atoms with Crippen molar-refractivity contribution in [3.63, 3.8) is 0 Å². The van der Waals surface area contributed by atoms with E-state index in [1.165, 1.54) is 55.2 Å². The van der Waals surface area contributed by atoms with Gasteiger partial charge in [-0.1, -0.05) is 154 Å². The standard InChI is InChI=1S/C53H45N4P/c1-35-32-41(53(2,3)4)29-30-43(35)44-21-13-12-16-36(44)24-25-37-26-27-39(33-46(37)51-54-50(55-52(56-51)58-5)38-17-8-6-9-18-38)40-28-31-49-47(34-40)45-22-14-15-23-48(45)57(49)42-19-10-7-11-20-42/h6-23,26-34H,5,24-25H2,1-4H3. The summed E-state index contributed by atoms with van der Waals surface area (Å²) in [6.45, 7) is 9.06. The Morgan fingerprint density at radius 2 is 1.16 bits per heavy atom. The highest BCUT2D eigenvalue weighted by Crippen LogP contribution is 2.37. The third-order valence-corrected chi connectivity index (χ3v) is 11.7. The van der Waals surface area contributed by atoms with Gasteiger partial charge in [-0.05, 0) is 114 Å². The average Bonchev–Trinajstić information content (AvgIpc) is 3.59. The maximum atomic E-state index is 5.15. The molecule has 4 nitrogen and oxygen atoms in total. The van der Waals surface area contributed by atoms with E-state index in [4.69, 9.17) is 15.0 Å². The molecule has 0 bridgehead atoms. The zero-order valence-corrected chi connectivity index (χ0v) is 34.3. The normalized spacial score (nSPS) is 11.8. The van der Waals surface area contributed by atoms with Gasteiger partial charge in [0.25, 0.3) is 0 Å². The first-order chi connectivity index (χ1) is 28.2. The van der Waals surface area contributed by atoms with Crippen LogP contribution in [-0.2, 0) is 18.3 Å². The van der Waals surface area contributed by atoms with Gasteiger partial charge in [0.15, 0.2) is 17.2 Å². The van der Waals surface area contributed by atoms with Gasteiger partial charge >= 0.3 is 0 Å². The van der Waals surface area contributed by atoms with Gasteiger partial charge in [-0.2, -0.15) is 0 Å². The van der Waals surface area contributed by atoms with E-state index in [0.29, 0.717) is 17.2 Å². The maximum Gasteiger partial charge on any atom is 0.182 e. The van der Waals surface area contributed by atoms with Crippen LogP contribution >= 0.6 is 8.20 Å². The van der Waals surface area contributed by atoms with Gasteiger partial charge in [0.1, 0.15) is 0 Å². The van der Waals surface area contributed by atoms with Crippen molar-refractivity contribution in [2.75, 3.05) is 0 Å². The SMILES string of the molecule is C=Pc1nc(-c2ccccc2)nc(-c2cc(-c3ccc4c(c3)c3ccccc3n4-c3ccccc3)ccc2CCc2ccccc2-c2ccc(C(C)(C)C)cc2C)n1. The molecule has 0 atom stereocenters. The van der Waals surface area contributed by atoms with E-state index in [1.54, 1.807) is 0 Å². The summed E-state index contributed by atoms with van der Waals surface area (Å²) in [6, 6.07) is 58.9. The Morgan fingerprint density at radius 3 is 1.91 bits per heavy atom. The number of benzene rings is 7. The first-order valence-electron chi connectivity index (χ1n) is 19.9. The van der Waals surface area contributed by atoms with Crippen LogP contribution < -0.4 is 5.57 Å². The minimum absolute atomic E-state index is 0.0980. The number of aromatic nitrogens is 4. The fourth-order valence-electron chi connectivity index (χ4n) is 8.16. The summed E-state index contributed by atoms with van der Waals surface area (Å²) in [5.74, 6) is 1.32. The number of hydrogen-bond donors (Lipinski definition) is 0. The lowest BCUT2D eigenvalue weighted by Gasteiger charge is -2.21. The van der Waals surface area contributed by atoms with Crippen molar-refractivity contribution >= 4 is 41.9 Å². The summed E-state index contributed by atoms with van der Waals surface area (Å²) in [6.07, 6.45) is 5.83. The third kappa shape index (κ3) is 7.17. The van der Waals surface area contributed by atoms with Gasteiger partial charge in [-0.25, -0.2) is 15.0 Å². The molecule has 2 heterocycles. The zero-order valence-electron chi connectivity index (χ0n) is 33.4. The summed E-state index contributed by atoms with van der Waals surface area (Å²) in [5, 5.41) is 2.45. The Bertz CT molecular complexity index is 2960. The van der Waals surface area contributed by atoms with E-state index in [9.17, 15) is 0 Å². The highest BCUT2D eigenvalue weighted by molar-refractivity contribution is 7.44. The second-order valence-electron chi connectivity index (χ2n) is 16.0. The van der Waals surface area contributed by atoms with Gasteiger partial charge in [-0.15, -0.1) is 0 Å². The van der Waals surface area contributed by atoms with E-state index in [0.717, 1.165) is 49.0 Å². The van der Waals surface area contributed by atoms with E-state index >= 15 is 0 Å². The van der Waals surface area contributed by atoms with Crippen LogP contribution in [0.15, 0.2) is 164 Å². The van der Waals surface area contributed by atoms with Gasteiger partial charge in [0.05, 0.1) is 11.0 Å². The highest BCUT2D eigenvalue weighted by atomic mass is 31.1.